The van der Waals surface area contributed by atoms with Gasteiger partial charge in [0.2, 0.25) is 0 Å². The molecule has 1 fully saturated rings. The van der Waals surface area contributed by atoms with Gasteiger partial charge in [-0.25, -0.2) is 4.39 Å². The minimum atomic E-state index is -0.335. The van der Waals surface area contributed by atoms with Crippen LogP contribution in [0, 0.1) is 5.82 Å². The number of hydrogen-bond acceptors (Lipinski definition) is 2. The van der Waals surface area contributed by atoms with E-state index in [1.165, 1.54) is 31.7 Å². The van der Waals surface area contributed by atoms with Crippen LogP contribution in [0.5, 0.6) is 5.75 Å². The monoisotopic (exact) mass is 421 g/mol. The molecule has 22 heavy (non-hydrogen) atoms. The average molecular weight is 421 g/mol. The van der Waals surface area contributed by atoms with Gasteiger partial charge in [-0.15, -0.1) is 24.0 Å². The van der Waals surface area contributed by atoms with Crippen molar-refractivity contribution in [3.8, 4) is 5.75 Å². The van der Waals surface area contributed by atoms with E-state index in [1.54, 1.807) is 25.2 Å². The Kier molecular flexibility index (Phi) is 8.52. The van der Waals surface area contributed by atoms with Gasteiger partial charge < -0.3 is 15.4 Å². The maximum atomic E-state index is 13.5. The van der Waals surface area contributed by atoms with Crippen molar-refractivity contribution < 1.29 is 9.13 Å². The van der Waals surface area contributed by atoms with Gasteiger partial charge in [-0.1, -0.05) is 25.0 Å². The quantitative estimate of drug-likeness (QED) is 0.436. The van der Waals surface area contributed by atoms with Gasteiger partial charge in [0.1, 0.15) is 6.10 Å². The number of hydrogen-bond donors (Lipinski definition) is 2. The topological polar surface area (TPSA) is 45.7 Å². The molecule has 6 heteroatoms. The Hall–Kier alpha value is -1.05. The molecule has 1 unspecified atom stereocenters. The molecule has 1 aliphatic carbocycles. The first-order valence-corrected chi connectivity index (χ1v) is 7.57. The second-order valence-corrected chi connectivity index (χ2v) is 5.44. The van der Waals surface area contributed by atoms with Crippen LogP contribution in [-0.4, -0.2) is 31.7 Å². The number of benzene rings is 1. The lowest BCUT2D eigenvalue weighted by atomic mass is 10.2. The largest absolute Gasteiger partial charge is 0.486 e. The van der Waals surface area contributed by atoms with E-state index in [2.05, 4.69) is 15.6 Å². The number of aliphatic imine (C=N–C) groups is 1. The van der Waals surface area contributed by atoms with Gasteiger partial charge in [-0.3, -0.25) is 4.99 Å². The summed E-state index contributed by atoms with van der Waals surface area (Å²) in [6.07, 6.45) is 4.80. The van der Waals surface area contributed by atoms with Crippen molar-refractivity contribution in [3.05, 3.63) is 30.1 Å². The first kappa shape index (κ1) is 19.0. The third-order valence-corrected chi connectivity index (χ3v) is 3.64. The summed E-state index contributed by atoms with van der Waals surface area (Å²) in [7, 11) is 1.76. The van der Waals surface area contributed by atoms with Crippen molar-refractivity contribution in [2.75, 3.05) is 13.6 Å². The molecule has 2 rings (SSSR count). The highest BCUT2D eigenvalue weighted by molar-refractivity contribution is 14.0. The predicted octanol–water partition coefficient (Wildman–Crippen LogP) is 3.32. The summed E-state index contributed by atoms with van der Waals surface area (Å²) in [6.45, 7) is 2.48. The van der Waals surface area contributed by atoms with Gasteiger partial charge in [-0.2, -0.15) is 0 Å². The molecule has 0 aliphatic heterocycles. The molecule has 1 aromatic rings. The number of rotatable bonds is 5. The Balaban J connectivity index is 0.00000242. The Morgan fingerprint density at radius 1 is 1.36 bits per heavy atom. The molecule has 0 radical (unpaired) electrons. The second-order valence-electron chi connectivity index (χ2n) is 5.44. The SMILES string of the molecule is CN=C(NCC(C)Oc1ccccc1F)NC1CCCC1.I. The second kappa shape index (κ2) is 9.86. The third-order valence-electron chi connectivity index (χ3n) is 3.64. The van der Waals surface area contributed by atoms with Gasteiger partial charge in [0.25, 0.3) is 0 Å². The molecular weight excluding hydrogens is 396 g/mol. The zero-order valence-corrected chi connectivity index (χ0v) is 15.5. The molecule has 1 aromatic carbocycles. The van der Waals surface area contributed by atoms with Crippen molar-refractivity contribution in [1.82, 2.24) is 10.6 Å². The lowest BCUT2D eigenvalue weighted by Crippen LogP contribution is -2.45. The van der Waals surface area contributed by atoms with E-state index in [-0.39, 0.29) is 41.6 Å². The molecule has 0 spiro atoms. The minimum Gasteiger partial charge on any atom is -0.486 e. The summed E-state index contributed by atoms with van der Waals surface area (Å²) in [5, 5.41) is 6.63. The van der Waals surface area contributed by atoms with Gasteiger partial charge >= 0.3 is 0 Å². The van der Waals surface area contributed by atoms with Crippen molar-refractivity contribution in [2.24, 2.45) is 4.99 Å². The van der Waals surface area contributed by atoms with Crippen LogP contribution < -0.4 is 15.4 Å². The number of ether oxygens (including phenoxy) is 1. The van der Waals surface area contributed by atoms with Crippen LogP contribution in [-0.2, 0) is 0 Å². The number of halogens is 2. The average Bonchev–Trinajstić information content (AvgIpc) is 2.99. The lowest BCUT2D eigenvalue weighted by molar-refractivity contribution is 0.214. The third kappa shape index (κ3) is 5.98. The molecule has 0 heterocycles. The van der Waals surface area contributed by atoms with Crippen LogP contribution in [0.25, 0.3) is 0 Å². The van der Waals surface area contributed by atoms with Gasteiger partial charge in [0.15, 0.2) is 17.5 Å². The Bertz CT molecular complexity index is 478. The van der Waals surface area contributed by atoms with Crippen LogP contribution in [0.2, 0.25) is 0 Å². The minimum absolute atomic E-state index is 0. The van der Waals surface area contributed by atoms with Crippen LogP contribution >= 0.6 is 24.0 Å². The summed E-state index contributed by atoms with van der Waals surface area (Å²) in [6, 6.07) is 6.96. The van der Waals surface area contributed by atoms with Gasteiger partial charge in [-0.05, 0) is 31.9 Å². The normalized spacial score (nSPS) is 16.8. The van der Waals surface area contributed by atoms with Crippen LogP contribution in [0.1, 0.15) is 32.6 Å². The summed E-state index contributed by atoms with van der Waals surface area (Å²) in [5.41, 5.74) is 0. The highest BCUT2D eigenvalue weighted by atomic mass is 127. The molecule has 1 saturated carbocycles. The molecule has 124 valence electrons. The fourth-order valence-electron chi connectivity index (χ4n) is 2.50. The molecule has 4 nitrogen and oxygen atoms in total. The molecular formula is C16H25FIN3O. The Labute approximate surface area is 148 Å². The van der Waals surface area contributed by atoms with E-state index in [0.29, 0.717) is 12.6 Å². The highest BCUT2D eigenvalue weighted by Gasteiger charge is 2.16. The number of para-hydroxylation sites is 1. The summed E-state index contributed by atoms with van der Waals surface area (Å²) < 4.78 is 19.1. The molecule has 0 bridgehead atoms. The van der Waals surface area contributed by atoms with Gasteiger partial charge in [0, 0.05) is 13.1 Å². The summed E-state index contributed by atoms with van der Waals surface area (Å²) in [4.78, 5) is 4.21. The highest BCUT2D eigenvalue weighted by Crippen LogP contribution is 2.18. The van der Waals surface area contributed by atoms with Gasteiger partial charge in [0.05, 0.1) is 6.54 Å². The fraction of sp³-hybridized carbons (Fsp3) is 0.562. The first-order chi connectivity index (χ1) is 10.2. The molecule has 2 N–H and O–H groups in total. The lowest BCUT2D eigenvalue weighted by Gasteiger charge is -2.20. The van der Waals surface area contributed by atoms with E-state index in [4.69, 9.17) is 4.74 Å². The zero-order valence-electron chi connectivity index (χ0n) is 13.1. The maximum absolute atomic E-state index is 13.5. The van der Waals surface area contributed by atoms with E-state index >= 15 is 0 Å². The predicted molar refractivity (Wildman–Crippen MR) is 98.7 cm³/mol. The molecule has 1 aliphatic rings. The molecule has 0 aromatic heterocycles. The smallest absolute Gasteiger partial charge is 0.191 e. The fourth-order valence-corrected chi connectivity index (χ4v) is 2.50. The summed E-state index contributed by atoms with van der Waals surface area (Å²) >= 11 is 0. The van der Waals surface area contributed by atoms with E-state index < -0.39 is 0 Å². The number of nitrogens with one attached hydrogen (secondary N) is 2. The summed E-state index contributed by atoms with van der Waals surface area (Å²) in [5.74, 6) is 0.731. The molecule has 0 amide bonds. The molecule has 1 atom stereocenters. The molecule has 0 saturated heterocycles. The van der Waals surface area contributed by atoms with Crippen LogP contribution in [0.15, 0.2) is 29.3 Å². The van der Waals surface area contributed by atoms with Crippen molar-refractivity contribution in [1.29, 1.82) is 0 Å². The maximum Gasteiger partial charge on any atom is 0.191 e. The van der Waals surface area contributed by atoms with E-state index in [0.717, 1.165) is 5.96 Å². The standard InChI is InChI=1S/C16H24FN3O.HI/c1-12(21-15-10-6-5-9-14(15)17)11-19-16(18-2)20-13-7-3-4-8-13;/h5-6,9-10,12-13H,3-4,7-8,11H2,1-2H3,(H2,18,19,20);1H. The first-order valence-electron chi connectivity index (χ1n) is 7.57. The van der Waals surface area contributed by atoms with E-state index in [9.17, 15) is 4.39 Å². The van der Waals surface area contributed by atoms with Crippen LogP contribution in [0.4, 0.5) is 4.39 Å². The Morgan fingerprint density at radius 3 is 2.68 bits per heavy atom. The number of guanidine groups is 1. The van der Waals surface area contributed by atoms with Crippen LogP contribution in [0.3, 0.4) is 0 Å². The van der Waals surface area contributed by atoms with Crippen molar-refractivity contribution in [2.45, 2.75) is 44.8 Å². The zero-order chi connectivity index (χ0) is 15.1. The van der Waals surface area contributed by atoms with Crippen molar-refractivity contribution >= 4 is 29.9 Å². The number of nitrogens with zero attached hydrogens (tertiary/aromatic N) is 1. The Morgan fingerprint density at radius 2 is 2.05 bits per heavy atom. The van der Waals surface area contributed by atoms with E-state index in [1.807, 2.05) is 6.92 Å². The van der Waals surface area contributed by atoms with Crippen molar-refractivity contribution in [3.63, 3.8) is 0 Å².